The molecule has 0 aliphatic heterocycles. The van der Waals surface area contributed by atoms with Gasteiger partial charge in [0.2, 0.25) is 5.91 Å². The number of rotatable bonds is 6. The van der Waals surface area contributed by atoms with Gasteiger partial charge in [-0.15, -0.1) is 0 Å². The highest BCUT2D eigenvalue weighted by Crippen LogP contribution is 2.38. The average molecular weight is 314 g/mol. The zero-order valence-electron chi connectivity index (χ0n) is 13.2. The van der Waals surface area contributed by atoms with Crippen molar-refractivity contribution in [3.63, 3.8) is 0 Å². The Labute approximate surface area is 132 Å². The Balaban J connectivity index is 2.97. The largest absolute Gasteiger partial charge is 0.465 e. The molecule has 0 atom stereocenters. The van der Waals surface area contributed by atoms with Gasteiger partial charge in [-0.05, 0) is 33.6 Å². The average Bonchev–Trinajstić information content (AvgIpc) is 2.44. The van der Waals surface area contributed by atoms with Gasteiger partial charge >= 0.3 is 5.97 Å². The zero-order chi connectivity index (χ0) is 16.0. The van der Waals surface area contributed by atoms with Crippen molar-refractivity contribution in [1.82, 2.24) is 4.90 Å². The minimum atomic E-state index is -0.787. The van der Waals surface area contributed by atoms with Crippen LogP contribution in [0, 0.1) is 5.41 Å². The quantitative estimate of drug-likeness (QED) is 0.600. The second kappa shape index (κ2) is 7.73. The predicted molar refractivity (Wildman–Crippen MR) is 85.8 cm³/mol. The lowest BCUT2D eigenvalue weighted by Crippen LogP contribution is -2.54. The van der Waals surface area contributed by atoms with Crippen LogP contribution in [0.15, 0.2) is 0 Å². The van der Waals surface area contributed by atoms with Crippen molar-refractivity contribution in [1.29, 1.82) is 0 Å². The smallest absolute Gasteiger partial charge is 0.325 e. The fourth-order valence-electron chi connectivity index (χ4n) is 2.83. The highest BCUT2D eigenvalue weighted by atomic mass is 32.1. The lowest BCUT2D eigenvalue weighted by molar-refractivity contribution is -0.153. The van der Waals surface area contributed by atoms with E-state index in [0.717, 1.165) is 19.3 Å². The highest BCUT2D eigenvalue weighted by molar-refractivity contribution is 7.80. The molecule has 1 rings (SSSR count). The maximum absolute atomic E-state index is 13.0. The Bertz CT molecular complexity index is 404. The molecular formula is C15H26N2O3S. The third-order valence-corrected chi connectivity index (χ3v) is 4.47. The third-order valence-electron chi connectivity index (χ3n) is 4.08. The Morgan fingerprint density at radius 1 is 1.29 bits per heavy atom. The molecule has 0 aromatic rings. The Morgan fingerprint density at radius 2 is 1.86 bits per heavy atom. The van der Waals surface area contributed by atoms with Crippen LogP contribution in [-0.4, -0.2) is 41.0 Å². The number of thiocarbonyl (C=S) groups is 1. The molecule has 1 aliphatic carbocycles. The van der Waals surface area contributed by atoms with Crippen LogP contribution < -0.4 is 5.73 Å². The second-order valence-corrected chi connectivity index (χ2v) is 6.28. The van der Waals surface area contributed by atoms with Crippen molar-refractivity contribution < 1.29 is 14.3 Å². The standard InChI is InChI=1S/C15H26N2O3S/c1-4-20-12(18)10-17(11(2)3)14(19)15(13(16)21)8-6-5-7-9-15/h11H,4-10H2,1-3H3,(H2,16,21). The molecule has 21 heavy (non-hydrogen) atoms. The SMILES string of the molecule is CCOC(=O)CN(C(=O)C1(C(N)=S)CCCCC1)C(C)C. The summed E-state index contributed by atoms with van der Waals surface area (Å²) in [4.78, 5) is 26.5. The molecule has 1 fully saturated rings. The van der Waals surface area contributed by atoms with Gasteiger partial charge in [0, 0.05) is 6.04 Å². The lowest BCUT2D eigenvalue weighted by atomic mass is 9.72. The van der Waals surface area contributed by atoms with Crippen LogP contribution in [0.25, 0.3) is 0 Å². The van der Waals surface area contributed by atoms with Crippen molar-refractivity contribution in [3.05, 3.63) is 0 Å². The van der Waals surface area contributed by atoms with Gasteiger partial charge in [0.1, 0.15) is 6.54 Å². The van der Waals surface area contributed by atoms with Crippen molar-refractivity contribution in [2.75, 3.05) is 13.2 Å². The van der Waals surface area contributed by atoms with Gasteiger partial charge < -0.3 is 15.4 Å². The number of hydrogen-bond donors (Lipinski definition) is 1. The van der Waals surface area contributed by atoms with Gasteiger partial charge in [-0.25, -0.2) is 0 Å². The van der Waals surface area contributed by atoms with Crippen LogP contribution in [0.3, 0.4) is 0 Å². The van der Waals surface area contributed by atoms with Crippen LogP contribution in [0.2, 0.25) is 0 Å². The van der Waals surface area contributed by atoms with Gasteiger partial charge in [-0.3, -0.25) is 9.59 Å². The maximum atomic E-state index is 13.0. The minimum Gasteiger partial charge on any atom is -0.465 e. The van der Waals surface area contributed by atoms with Gasteiger partial charge in [-0.1, -0.05) is 31.5 Å². The summed E-state index contributed by atoms with van der Waals surface area (Å²) in [6.45, 7) is 5.77. The molecule has 5 nitrogen and oxygen atoms in total. The maximum Gasteiger partial charge on any atom is 0.325 e. The van der Waals surface area contributed by atoms with E-state index >= 15 is 0 Å². The van der Waals surface area contributed by atoms with E-state index in [4.69, 9.17) is 22.7 Å². The number of carbonyl (C=O) groups excluding carboxylic acids is 2. The number of hydrogen-bond acceptors (Lipinski definition) is 4. The second-order valence-electron chi connectivity index (χ2n) is 5.84. The predicted octanol–water partition coefficient (Wildman–Crippen LogP) is 2.02. The molecule has 1 saturated carbocycles. The summed E-state index contributed by atoms with van der Waals surface area (Å²) in [6, 6.07) is -0.102. The van der Waals surface area contributed by atoms with E-state index in [1.807, 2.05) is 13.8 Å². The molecule has 6 heteroatoms. The lowest BCUT2D eigenvalue weighted by Gasteiger charge is -2.40. The normalized spacial score (nSPS) is 17.3. The fourth-order valence-corrected chi connectivity index (χ4v) is 3.12. The van der Waals surface area contributed by atoms with Crippen LogP contribution >= 0.6 is 12.2 Å². The summed E-state index contributed by atoms with van der Waals surface area (Å²) < 4.78 is 4.96. The van der Waals surface area contributed by atoms with E-state index < -0.39 is 11.4 Å². The molecule has 0 bridgehead atoms. The van der Waals surface area contributed by atoms with E-state index in [2.05, 4.69) is 0 Å². The van der Waals surface area contributed by atoms with Crippen LogP contribution in [-0.2, 0) is 14.3 Å². The first-order valence-corrected chi connectivity index (χ1v) is 8.02. The summed E-state index contributed by atoms with van der Waals surface area (Å²) >= 11 is 5.19. The molecule has 1 aliphatic rings. The molecule has 0 unspecified atom stereocenters. The molecule has 0 spiro atoms. The summed E-state index contributed by atoms with van der Waals surface area (Å²) in [5, 5.41) is 0. The minimum absolute atomic E-state index is 0.0469. The summed E-state index contributed by atoms with van der Waals surface area (Å²) in [6.07, 6.45) is 4.32. The number of amides is 1. The van der Waals surface area contributed by atoms with Crippen LogP contribution in [0.4, 0.5) is 0 Å². The Hall–Kier alpha value is -1.17. The van der Waals surface area contributed by atoms with E-state index in [0.29, 0.717) is 19.4 Å². The first kappa shape index (κ1) is 17.9. The monoisotopic (exact) mass is 314 g/mol. The molecule has 0 heterocycles. The fraction of sp³-hybridized carbons (Fsp3) is 0.800. The Morgan fingerprint density at radius 3 is 2.29 bits per heavy atom. The Kier molecular flexibility index (Phi) is 6.58. The van der Waals surface area contributed by atoms with Gasteiger partial charge in [0.15, 0.2) is 0 Å². The van der Waals surface area contributed by atoms with Crippen molar-refractivity contribution in [2.45, 2.75) is 58.9 Å². The summed E-state index contributed by atoms with van der Waals surface area (Å²) in [7, 11) is 0. The first-order valence-electron chi connectivity index (χ1n) is 7.61. The molecular weight excluding hydrogens is 288 g/mol. The number of carbonyl (C=O) groups is 2. The van der Waals surface area contributed by atoms with Gasteiger partial charge in [0.05, 0.1) is 17.0 Å². The van der Waals surface area contributed by atoms with E-state index in [-0.39, 0.29) is 23.5 Å². The van der Waals surface area contributed by atoms with Crippen molar-refractivity contribution in [3.8, 4) is 0 Å². The summed E-state index contributed by atoms with van der Waals surface area (Å²) in [5.74, 6) is -0.522. The van der Waals surface area contributed by atoms with Crippen LogP contribution in [0.5, 0.6) is 0 Å². The van der Waals surface area contributed by atoms with Gasteiger partial charge in [-0.2, -0.15) is 0 Å². The van der Waals surface area contributed by atoms with Crippen molar-refractivity contribution >= 4 is 29.1 Å². The van der Waals surface area contributed by atoms with E-state index in [1.165, 1.54) is 0 Å². The first-order chi connectivity index (χ1) is 9.85. The molecule has 0 radical (unpaired) electrons. The zero-order valence-corrected chi connectivity index (χ0v) is 14.0. The summed E-state index contributed by atoms with van der Waals surface area (Å²) in [5.41, 5.74) is 5.11. The number of nitrogens with two attached hydrogens (primary N) is 1. The van der Waals surface area contributed by atoms with E-state index in [9.17, 15) is 9.59 Å². The van der Waals surface area contributed by atoms with Gasteiger partial charge in [0.25, 0.3) is 0 Å². The number of nitrogens with zero attached hydrogens (tertiary/aromatic N) is 1. The molecule has 120 valence electrons. The van der Waals surface area contributed by atoms with E-state index in [1.54, 1.807) is 11.8 Å². The molecule has 2 N–H and O–H groups in total. The third kappa shape index (κ3) is 4.15. The molecule has 0 saturated heterocycles. The molecule has 0 aromatic heterocycles. The van der Waals surface area contributed by atoms with Crippen molar-refractivity contribution in [2.24, 2.45) is 11.1 Å². The number of esters is 1. The number of ether oxygens (including phenoxy) is 1. The topological polar surface area (TPSA) is 72.6 Å². The molecule has 0 aromatic carbocycles. The molecule has 1 amide bonds. The van der Waals surface area contributed by atoms with Crippen LogP contribution in [0.1, 0.15) is 52.9 Å². The highest BCUT2D eigenvalue weighted by Gasteiger charge is 2.45.